The average Bonchev–Trinajstić information content (AvgIpc) is 2.99. The topological polar surface area (TPSA) is 72.9 Å². The van der Waals surface area contributed by atoms with Crippen molar-refractivity contribution < 1.29 is 23.9 Å². The molecule has 3 aromatic rings. The second-order valence-corrected chi connectivity index (χ2v) is 6.59. The monoisotopic (exact) mass is 407 g/mol. The molecule has 1 aliphatic rings. The Morgan fingerprint density at radius 3 is 2.03 bits per heavy atom. The Bertz CT molecular complexity index is 1080. The molecule has 4 rings (SSSR count). The quantitative estimate of drug-likeness (QED) is 0.361. The number of rotatable bonds is 5. The summed E-state index contributed by atoms with van der Waals surface area (Å²) in [6, 6.07) is 19.5. The van der Waals surface area contributed by atoms with Gasteiger partial charge >= 0.3 is 5.97 Å². The van der Waals surface area contributed by atoms with Crippen LogP contribution < -0.4 is 14.4 Å². The van der Waals surface area contributed by atoms with Gasteiger partial charge in [-0.15, -0.1) is 0 Å². The van der Waals surface area contributed by atoms with Gasteiger partial charge in [0.05, 0.1) is 21.8 Å². The van der Waals surface area contributed by atoms with Crippen LogP contribution in [-0.4, -0.2) is 24.4 Å². The van der Waals surface area contributed by atoms with Gasteiger partial charge in [-0.3, -0.25) is 9.59 Å². The first-order valence-electron chi connectivity index (χ1n) is 8.70. The highest BCUT2D eigenvalue weighted by molar-refractivity contribution is 6.34. The van der Waals surface area contributed by atoms with Crippen LogP contribution in [0.5, 0.6) is 11.5 Å². The van der Waals surface area contributed by atoms with Crippen LogP contribution in [0.25, 0.3) is 0 Å². The van der Waals surface area contributed by atoms with E-state index < -0.39 is 5.97 Å². The number of ether oxygens (including phenoxy) is 2. The summed E-state index contributed by atoms with van der Waals surface area (Å²) in [5, 5.41) is 0.394. The summed E-state index contributed by atoms with van der Waals surface area (Å²) in [5.74, 6) is -0.740. The van der Waals surface area contributed by atoms with Gasteiger partial charge in [0.2, 0.25) is 0 Å². The minimum atomic E-state index is -0.613. The number of carbonyl (C=O) groups excluding carboxylic acids is 3. The predicted molar refractivity (Wildman–Crippen MR) is 107 cm³/mol. The summed E-state index contributed by atoms with van der Waals surface area (Å²) in [7, 11) is 0. The number of amides is 2. The van der Waals surface area contributed by atoms with Gasteiger partial charge in [-0.1, -0.05) is 35.9 Å². The number of hydrogen-bond acceptors (Lipinski definition) is 5. The molecule has 1 heterocycles. The zero-order valence-corrected chi connectivity index (χ0v) is 15.8. The molecule has 2 amide bonds. The lowest BCUT2D eigenvalue weighted by atomic mass is 10.1. The largest absolute Gasteiger partial charge is 0.480 e. The average molecular weight is 408 g/mol. The minimum absolute atomic E-state index is 0.262. The third-order valence-electron chi connectivity index (χ3n) is 4.30. The predicted octanol–water partition coefficient (Wildman–Crippen LogP) is 4.13. The molecule has 0 unspecified atom stereocenters. The van der Waals surface area contributed by atoms with E-state index in [1.165, 1.54) is 12.1 Å². The SMILES string of the molecule is O=C(COc1ccccc1Cl)Oc1ccc(N2C(=O)c3ccccc3C2=O)cc1. The second kappa shape index (κ2) is 7.77. The van der Waals surface area contributed by atoms with Gasteiger partial charge in [-0.2, -0.15) is 0 Å². The van der Waals surface area contributed by atoms with Gasteiger partial charge in [-0.25, -0.2) is 9.69 Å². The summed E-state index contributed by atoms with van der Waals surface area (Å²) < 4.78 is 10.5. The van der Waals surface area contributed by atoms with Crippen LogP contribution in [0.2, 0.25) is 5.02 Å². The third kappa shape index (κ3) is 3.70. The number of fused-ring (bicyclic) bond motifs is 1. The van der Waals surface area contributed by atoms with Crippen LogP contribution in [0, 0.1) is 0 Å². The Balaban J connectivity index is 1.41. The van der Waals surface area contributed by atoms with E-state index in [0.717, 1.165) is 4.90 Å². The van der Waals surface area contributed by atoms with Crippen molar-refractivity contribution in [1.82, 2.24) is 0 Å². The van der Waals surface area contributed by atoms with E-state index in [1.54, 1.807) is 60.7 Å². The molecule has 1 aliphatic heterocycles. The first kappa shape index (κ1) is 18.7. The number of halogens is 1. The van der Waals surface area contributed by atoms with Crippen molar-refractivity contribution in [3.8, 4) is 11.5 Å². The van der Waals surface area contributed by atoms with Gasteiger partial charge < -0.3 is 9.47 Å². The van der Waals surface area contributed by atoms with Crippen LogP contribution in [0.1, 0.15) is 20.7 Å². The highest BCUT2D eigenvalue weighted by atomic mass is 35.5. The van der Waals surface area contributed by atoms with E-state index in [4.69, 9.17) is 21.1 Å². The maximum absolute atomic E-state index is 12.5. The molecule has 0 bridgehead atoms. The Hall–Kier alpha value is -3.64. The molecule has 144 valence electrons. The van der Waals surface area contributed by atoms with Gasteiger partial charge in [0.25, 0.3) is 11.8 Å². The first-order valence-corrected chi connectivity index (χ1v) is 9.08. The Morgan fingerprint density at radius 2 is 1.41 bits per heavy atom. The fraction of sp³-hybridized carbons (Fsp3) is 0.0455. The summed E-state index contributed by atoms with van der Waals surface area (Å²) in [5.41, 5.74) is 1.12. The highest BCUT2D eigenvalue weighted by Crippen LogP contribution is 2.29. The smallest absolute Gasteiger partial charge is 0.349 e. The lowest BCUT2D eigenvalue weighted by Gasteiger charge is -2.14. The molecular weight excluding hydrogens is 394 g/mol. The molecule has 0 aromatic heterocycles. The van der Waals surface area contributed by atoms with E-state index in [-0.39, 0.29) is 24.2 Å². The molecule has 0 spiro atoms. The van der Waals surface area contributed by atoms with Gasteiger partial charge in [0.15, 0.2) is 6.61 Å². The summed E-state index contributed by atoms with van der Waals surface area (Å²) in [4.78, 5) is 38.1. The minimum Gasteiger partial charge on any atom is -0.480 e. The van der Waals surface area contributed by atoms with Crippen molar-refractivity contribution in [2.75, 3.05) is 11.5 Å². The molecule has 29 heavy (non-hydrogen) atoms. The molecular formula is C22H14ClNO5. The molecule has 0 fully saturated rings. The normalized spacial score (nSPS) is 12.7. The third-order valence-corrected chi connectivity index (χ3v) is 4.62. The van der Waals surface area contributed by atoms with Gasteiger partial charge in [0.1, 0.15) is 11.5 Å². The molecule has 0 N–H and O–H groups in total. The van der Waals surface area contributed by atoms with E-state index in [0.29, 0.717) is 27.6 Å². The highest BCUT2D eigenvalue weighted by Gasteiger charge is 2.36. The lowest BCUT2D eigenvalue weighted by Crippen LogP contribution is -2.29. The molecule has 7 heteroatoms. The first-order chi connectivity index (χ1) is 14.0. The number of anilines is 1. The lowest BCUT2D eigenvalue weighted by molar-refractivity contribution is -0.136. The van der Waals surface area contributed by atoms with Crippen LogP contribution in [0.4, 0.5) is 5.69 Å². The molecule has 3 aromatic carbocycles. The van der Waals surface area contributed by atoms with Crippen molar-refractivity contribution in [3.63, 3.8) is 0 Å². The van der Waals surface area contributed by atoms with Crippen LogP contribution in [-0.2, 0) is 4.79 Å². The fourth-order valence-electron chi connectivity index (χ4n) is 2.95. The van der Waals surface area contributed by atoms with Crippen molar-refractivity contribution in [2.45, 2.75) is 0 Å². The van der Waals surface area contributed by atoms with E-state index in [2.05, 4.69) is 0 Å². The van der Waals surface area contributed by atoms with Crippen LogP contribution in [0.3, 0.4) is 0 Å². The number of imide groups is 1. The van der Waals surface area contributed by atoms with Crippen molar-refractivity contribution in [1.29, 1.82) is 0 Å². The number of esters is 1. The second-order valence-electron chi connectivity index (χ2n) is 6.18. The molecule has 0 aliphatic carbocycles. The zero-order valence-electron chi connectivity index (χ0n) is 15.0. The van der Waals surface area contributed by atoms with Gasteiger partial charge in [0, 0.05) is 0 Å². The van der Waals surface area contributed by atoms with Crippen molar-refractivity contribution in [2.24, 2.45) is 0 Å². The zero-order chi connectivity index (χ0) is 20.4. The molecule has 6 nitrogen and oxygen atoms in total. The summed E-state index contributed by atoms with van der Waals surface area (Å²) in [6.07, 6.45) is 0. The van der Waals surface area contributed by atoms with Gasteiger partial charge in [-0.05, 0) is 48.5 Å². The van der Waals surface area contributed by atoms with Crippen molar-refractivity contribution >= 4 is 35.1 Å². The summed E-state index contributed by atoms with van der Waals surface area (Å²) in [6.45, 7) is -0.316. The number of hydrogen-bond donors (Lipinski definition) is 0. The van der Waals surface area contributed by atoms with Crippen LogP contribution >= 0.6 is 11.6 Å². The summed E-state index contributed by atoms with van der Waals surface area (Å²) >= 11 is 5.97. The Labute approximate surface area is 171 Å². The number of carbonyl (C=O) groups is 3. The van der Waals surface area contributed by atoms with Crippen LogP contribution in [0.15, 0.2) is 72.8 Å². The maximum Gasteiger partial charge on any atom is 0.349 e. The standard InChI is InChI=1S/C22H14ClNO5/c23-18-7-3-4-8-19(18)28-13-20(25)29-15-11-9-14(10-12-15)24-21(26)16-5-1-2-6-17(16)22(24)27/h1-12H,13H2. The van der Waals surface area contributed by atoms with E-state index in [1.807, 2.05) is 0 Å². The fourth-order valence-corrected chi connectivity index (χ4v) is 3.14. The number of para-hydroxylation sites is 1. The molecule has 0 saturated carbocycles. The number of nitrogens with zero attached hydrogens (tertiary/aromatic N) is 1. The molecule has 0 radical (unpaired) electrons. The maximum atomic E-state index is 12.5. The Morgan fingerprint density at radius 1 is 0.828 bits per heavy atom. The van der Waals surface area contributed by atoms with Crippen molar-refractivity contribution in [3.05, 3.63) is 88.9 Å². The molecule has 0 atom stereocenters. The Kier molecular flexibility index (Phi) is 5.01. The number of benzene rings is 3. The van der Waals surface area contributed by atoms with E-state index in [9.17, 15) is 14.4 Å². The molecule has 0 saturated heterocycles. The van der Waals surface area contributed by atoms with E-state index >= 15 is 0 Å².